The molecule has 0 aliphatic rings. The number of nitrogens with zero attached hydrogens (tertiary/aromatic N) is 4. The maximum atomic E-state index is 12.3. The Morgan fingerprint density at radius 3 is 2.48 bits per heavy atom. The first kappa shape index (κ1) is 17.2. The molecule has 0 atom stereocenters. The van der Waals surface area contributed by atoms with E-state index in [1.54, 1.807) is 10.9 Å². The highest BCUT2D eigenvalue weighted by atomic mass is 35.5. The van der Waals surface area contributed by atoms with Crippen LogP contribution in [0.4, 0.5) is 5.69 Å². The molecule has 0 bridgehead atoms. The Hall–Kier alpha value is -2.60. The van der Waals surface area contributed by atoms with Crippen molar-refractivity contribution in [2.45, 2.75) is 33.9 Å². The van der Waals surface area contributed by atoms with Crippen molar-refractivity contribution < 1.29 is 4.79 Å². The van der Waals surface area contributed by atoms with Gasteiger partial charge in [0.15, 0.2) is 0 Å². The first-order valence-electron chi connectivity index (χ1n) is 8.01. The Labute approximate surface area is 151 Å². The Morgan fingerprint density at radius 1 is 1.12 bits per heavy atom. The third kappa shape index (κ3) is 4.09. The van der Waals surface area contributed by atoms with E-state index in [9.17, 15) is 4.79 Å². The lowest BCUT2D eigenvalue weighted by atomic mass is 10.2. The van der Waals surface area contributed by atoms with Crippen molar-refractivity contribution in [3.63, 3.8) is 0 Å². The van der Waals surface area contributed by atoms with Crippen molar-refractivity contribution >= 4 is 23.2 Å². The zero-order chi connectivity index (χ0) is 18.0. The first-order valence-corrected chi connectivity index (χ1v) is 8.38. The number of amides is 1. The number of nitrogens with one attached hydrogen (secondary N) is 1. The van der Waals surface area contributed by atoms with Gasteiger partial charge in [-0.05, 0) is 44.5 Å². The van der Waals surface area contributed by atoms with E-state index in [2.05, 4.69) is 15.5 Å². The molecule has 2 heterocycles. The van der Waals surface area contributed by atoms with Gasteiger partial charge in [0, 0.05) is 11.2 Å². The Kier molecular flexibility index (Phi) is 4.90. The SMILES string of the molecule is Cc1ccn(CC(=O)Nc2c(C)nn(Cc3ccc(Cl)cc3)c2C)n1. The Bertz CT molecular complexity index is 895. The van der Waals surface area contributed by atoms with Gasteiger partial charge in [0.2, 0.25) is 5.91 Å². The van der Waals surface area contributed by atoms with Crippen LogP contribution < -0.4 is 5.32 Å². The van der Waals surface area contributed by atoms with Gasteiger partial charge in [0.05, 0.1) is 29.3 Å². The van der Waals surface area contributed by atoms with E-state index >= 15 is 0 Å². The van der Waals surface area contributed by atoms with Gasteiger partial charge >= 0.3 is 0 Å². The fourth-order valence-corrected chi connectivity index (χ4v) is 2.80. The van der Waals surface area contributed by atoms with E-state index in [-0.39, 0.29) is 12.5 Å². The average Bonchev–Trinajstić information content (AvgIpc) is 3.08. The molecule has 3 rings (SSSR count). The number of rotatable bonds is 5. The van der Waals surface area contributed by atoms with Crippen molar-refractivity contribution in [3.05, 3.63) is 64.2 Å². The van der Waals surface area contributed by atoms with Gasteiger partial charge in [-0.2, -0.15) is 10.2 Å². The zero-order valence-corrected chi connectivity index (χ0v) is 15.2. The van der Waals surface area contributed by atoms with Crippen LogP contribution in [0.25, 0.3) is 0 Å². The molecule has 6 nitrogen and oxygen atoms in total. The van der Waals surface area contributed by atoms with Crippen LogP contribution in [-0.4, -0.2) is 25.5 Å². The van der Waals surface area contributed by atoms with E-state index in [0.717, 1.165) is 28.3 Å². The van der Waals surface area contributed by atoms with E-state index < -0.39 is 0 Å². The molecule has 0 aliphatic heterocycles. The Morgan fingerprint density at radius 2 is 1.84 bits per heavy atom. The summed E-state index contributed by atoms with van der Waals surface area (Å²) in [5.74, 6) is -0.125. The second kappa shape index (κ2) is 7.11. The summed E-state index contributed by atoms with van der Waals surface area (Å²) in [4.78, 5) is 12.3. The van der Waals surface area contributed by atoms with E-state index in [0.29, 0.717) is 11.6 Å². The Balaban J connectivity index is 1.72. The molecule has 1 aromatic carbocycles. The summed E-state index contributed by atoms with van der Waals surface area (Å²) in [5.41, 5.74) is 4.44. The number of benzene rings is 1. The van der Waals surface area contributed by atoms with Gasteiger partial charge in [0.1, 0.15) is 6.54 Å². The van der Waals surface area contributed by atoms with Crippen molar-refractivity contribution in [3.8, 4) is 0 Å². The van der Waals surface area contributed by atoms with E-state index in [1.165, 1.54) is 0 Å². The molecule has 0 unspecified atom stereocenters. The van der Waals surface area contributed by atoms with Crippen LogP contribution in [0.1, 0.15) is 22.6 Å². The van der Waals surface area contributed by atoms with Crippen LogP contribution in [0, 0.1) is 20.8 Å². The summed E-state index contributed by atoms with van der Waals surface area (Å²) in [6.45, 7) is 6.53. The molecule has 25 heavy (non-hydrogen) atoms. The molecular weight excluding hydrogens is 338 g/mol. The second-order valence-electron chi connectivity index (χ2n) is 6.03. The number of hydrogen-bond donors (Lipinski definition) is 1. The molecule has 1 amide bonds. The van der Waals surface area contributed by atoms with Crippen LogP contribution in [0.15, 0.2) is 36.5 Å². The summed E-state index contributed by atoms with van der Waals surface area (Å²) in [6.07, 6.45) is 1.79. The van der Waals surface area contributed by atoms with Crippen molar-refractivity contribution in [2.75, 3.05) is 5.32 Å². The summed E-state index contributed by atoms with van der Waals surface area (Å²) in [7, 11) is 0. The van der Waals surface area contributed by atoms with Crippen LogP contribution in [-0.2, 0) is 17.9 Å². The molecule has 0 radical (unpaired) electrons. The van der Waals surface area contributed by atoms with Crippen molar-refractivity contribution in [1.82, 2.24) is 19.6 Å². The lowest BCUT2D eigenvalue weighted by Crippen LogP contribution is -2.20. The highest BCUT2D eigenvalue weighted by Crippen LogP contribution is 2.21. The van der Waals surface area contributed by atoms with Gasteiger partial charge in [-0.25, -0.2) is 0 Å². The second-order valence-corrected chi connectivity index (χ2v) is 6.47. The summed E-state index contributed by atoms with van der Waals surface area (Å²) in [6, 6.07) is 9.52. The molecule has 0 fully saturated rings. The van der Waals surface area contributed by atoms with Crippen LogP contribution >= 0.6 is 11.6 Å². The van der Waals surface area contributed by atoms with Crippen LogP contribution in [0.5, 0.6) is 0 Å². The van der Waals surface area contributed by atoms with E-state index in [4.69, 9.17) is 11.6 Å². The zero-order valence-electron chi connectivity index (χ0n) is 14.5. The van der Waals surface area contributed by atoms with Crippen LogP contribution in [0.2, 0.25) is 5.02 Å². The highest BCUT2D eigenvalue weighted by molar-refractivity contribution is 6.30. The predicted molar refractivity (Wildman–Crippen MR) is 97.8 cm³/mol. The lowest BCUT2D eigenvalue weighted by molar-refractivity contribution is -0.116. The van der Waals surface area contributed by atoms with Gasteiger partial charge in [-0.1, -0.05) is 23.7 Å². The third-order valence-corrected chi connectivity index (χ3v) is 4.22. The normalized spacial score (nSPS) is 10.9. The van der Waals surface area contributed by atoms with Crippen LogP contribution in [0.3, 0.4) is 0 Å². The smallest absolute Gasteiger partial charge is 0.246 e. The highest BCUT2D eigenvalue weighted by Gasteiger charge is 2.15. The number of carbonyl (C=O) groups excluding carboxylic acids is 1. The summed E-state index contributed by atoms with van der Waals surface area (Å²) < 4.78 is 3.50. The minimum absolute atomic E-state index is 0.125. The minimum atomic E-state index is -0.125. The maximum Gasteiger partial charge on any atom is 0.246 e. The lowest BCUT2D eigenvalue weighted by Gasteiger charge is -2.08. The van der Waals surface area contributed by atoms with Gasteiger partial charge in [0.25, 0.3) is 0 Å². The molecule has 0 saturated heterocycles. The number of carbonyl (C=O) groups is 1. The monoisotopic (exact) mass is 357 g/mol. The van der Waals surface area contributed by atoms with Gasteiger partial charge < -0.3 is 5.32 Å². The number of halogens is 1. The van der Waals surface area contributed by atoms with Crippen molar-refractivity contribution in [2.24, 2.45) is 0 Å². The van der Waals surface area contributed by atoms with Crippen molar-refractivity contribution in [1.29, 1.82) is 0 Å². The number of hydrogen-bond acceptors (Lipinski definition) is 3. The number of aryl methyl sites for hydroxylation is 2. The van der Waals surface area contributed by atoms with Gasteiger partial charge in [-0.3, -0.25) is 14.2 Å². The molecule has 130 valence electrons. The molecule has 2 aromatic heterocycles. The fraction of sp³-hybridized carbons (Fsp3) is 0.278. The molecule has 0 aliphatic carbocycles. The maximum absolute atomic E-state index is 12.3. The average molecular weight is 358 g/mol. The summed E-state index contributed by atoms with van der Waals surface area (Å²) >= 11 is 5.92. The molecule has 1 N–H and O–H groups in total. The topological polar surface area (TPSA) is 64.7 Å². The predicted octanol–water partition coefficient (Wildman–Crippen LogP) is 3.35. The largest absolute Gasteiger partial charge is 0.321 e. The third-order valence-electron chi connectivity index (χ3n) is 3.97. The quantitative estimate of drug-likeness (QED) is 0.761. The first-order chi connectivity index (χ1) is 11.9. The molecule has 7 heteroatoms. The van der Waals surface area contributed by atoms with E-state index in [1.807, 2.05) is 55.8 Å². The molecule has 3 aromatic rings. The minimum Gasteiger partial charge on any atom is -0.321 e. The molecule has 0 spiro atoms. The number of anilines is 1. The summed E-state index contributed by atoms with van der Waals surface area (Å²) in [5, 5.41) is 12.4. The number of aromatic nitrogens is 4. The standard InChI is InChI=1S/C18H20ClN5O/c1-12-8-9-23(21-12)11-17(25)20-18-13(2)22-24(14(18)3)10-15-4-6-16(19)7-5-15/h4-9H,10-11H2,1-3H3,(H,20,25). The molecular formula is C18H20ClN5O. The fourth-order valence-electron chi connectivity index (χ4n) is 2.67. The van der Waals surface area contributed by atoms with Gasteiger partial charge in [-0.15, -0.1) is 0 Å². The molecule has 0 saturated carbocycles.